The van der Waals surface area contributed by atoms with Gasteiger partial charge in [0, 0.05) is 10.4 Å². The maximum absolute atomic E-state index is 10.6. The van der Waals surface area contributed by atoms with E-state index in [9.17, 15) is 4.79 Å². The first-order chi connectivity index (χ1) is 8.60. The highest BCUT2D eigenvalue weighted by Gasteiger charge is 2.08. The molecule has 94 valence electrons. The van der Waals surface area contributed by atoms with Gasteiger partial charge in [-0.3, -0.25) is 16.1 Å². The number of fused-ring (bicyclic) bond motifs is 1. The molecule has 0 fully saturated rings. The molecule has 2 rings (SSSR count). The first kappa shape index (κ1) is 12.1. The van der Waals surface area contributed by atoms with Crippen LogP contribution in [0.3, 0.4) is 0 Å². The summed E-state index contributed by atoms with van der Waals surface area (Å²) in [6.07, 6.45) is 0. The Bertz CT molecular complexity index is 605. The van der Waals surface area contributed by atoms with Gasteiger partial charge < -0.3 is 5.73 Å². The van der Waals surface area contributed by atoms with Crippen LogP contribution in [0.5, 0.6) is 0 Å². The van der Waals surface area contributed by atoms with Crippen LogP contribution in [-0.2, 0) is 0 Å². The number of hydrogen-bond donors (Lipinski definition) is 5. The van der Waals surface area contributed by atoms with Gasteiger partial charge in [0.2, 0.25) is 5.95 Å². The lowest BCUT2D eigenvalue weighted by Gasteiger charge is -2.10. The van der Waals surface area contributed by atoms with Gasteiger partial charge in [0.25, 0.3) is 0 Å². The summed E-state index contributed by atoms with van der Waals surface area (Å²) >= 11 is 5.87. The molecule has 0 aliphatic carbocycles. The minimum absolute atomic E-state index is 0.0291. The second kappa shape index (κ2) is 4.90. The third kappa shape index (κ3) is 2.50. The first-order valence-electron chi connectivity index (χ1n) is 4.79. The van der Waals surface area contributed by atoms with Crippen LogP contribution < -0.4 is 22.1 Å². The zero-order valence-electron chi connectivity index (χ0n) is 8.94. The smallest absolute Gasteiger partial charge is 0.330 e. The van der Waals surface area contributed by atoms with E-state index in [4.69, 9.17) is 22.5 Å². The molecule has 0 bridgehead atoms. The van der Waals surface area contributed by atoms with Gasteiger partial charge in [-0.05, 0) is 18.2 Å². The standard InChI is InChI=1S/C9H9ClN6O2/c10-4-1-2-6-5(3-4)7(14-15-8(11)17)13-9(12-6)16-18/h1-3,18H,(H3,11,15,17)(H2,12,13,14,16). The van der Waals surface area contributed by atoms with Crippen molar-refractivity contribution >= 4 is 40.3 Å². The molecule has 9 heteroatoms. The molecule has 0 spiro atoms. The number of nitrogens with zero attached hydrogens (tertiary/aromatic N) is 2. The van der Waals surface area contributed by atoms with E-state index in [0.29, 0.717) is 15.9 Å². The van der Waals surface area contributed by atoms with Crippen LogP contribution in [0.2, 0.25) is 5.02 Å². The lowest BCUT2D eigenvalue weighted by Crippen LogP contribution is -2.34. The third-order valence-corrected chi connectivity index (χ3v) is 2.30. The summed E-state index contributed by atoms with van der Waals surface area (Å²) in [5, 5.41) is 9.86. The Kier molecular flexibility index (Phi) is 3.31. The molecule has 0 unspecified atom stereocenters. The van der Waals surface area contributed by atoms with Crippen molar-refractivity contribution in [3.05, 3.63) is 23.2 Å². The second-order valence-electron chi connectivity index (χ2n) is 3.28. The molecule has 1 aromatic carbocycles. The van der Waals surface area contributed by atoms with Crippen molar-refractivity contribution in [2.75, 3.05) is 10.9 Å². The van der Waals surface area contributed by atoms with Gasteiger partial charge >= 0.3 is 6.03 Å². The number of primary amides is 1. The maximum Gasteiger partial charge on any atom is 0.330 e. The van der Waals surface area contributed by atoms with Crippen LogP contribution in [0.25, 0.3) is 10.9 Å². The second-order valence-corrected chi connectivity index (χ2v) is 3.72. The number of carbonyl (C=O) groups is 1. The monoisotopic (exact) mass is 268 g/mol. The van der Waals surface area contributed by atoms with Crippen LogP contribution in [0.15, 0.2) is 18.2 Å². The number of hydrogen-bond acceptors (Lipinski definition) is 6. The van der Waals surface area contributed by atoms with Crippen molar-refractivity contribution in [2.45, 2.75) is 0 Å². The number of halogens is 1. The van der Waals surface area contributed by atoms with Crippen LogP contribution in [0, 0.1) is 0 Å². The van der Waals surface area contributed by atoms with E-state index in [-0.39, 0.29) is 11.8 Å². The average molecular weight is 269 g/mol. The van der Waals surface area contributed by atoms with Gasteiger partial charge in [0.1, 0.15) is 0 Å². The number of nitrogens with one attached hydrogen (secondary N) is 3. The lowest BCUT2D eigenvalue weighted by atomic mass is 10.2. The highest BCUT2D eigenvalue weighted by Crippen LogP contribution is 2.24. The number of amides is 2. The zero-order valence-corrected chi connectivity index (χ0v) is 9.69. The van der Waals surface area contributed by atoms with Gasteiger partial charge in [0.05, 0.1) is 5.52 Å². The quantitative estimate of drug-likeness (QED) is 0.530. The predicted molar refractivity (Wildman–Crippen MR) is 66.3 cm³/mol. The normalized spacial score (nSPS) is 10.1. The topological polar surface area (TPSA) is 125 Å². The Labute approximate surface area is 106 Å². The molecule has 2 aromatic rings. The SMILES string of the molecule is NC(=O)NNc1nc(NO)nc2ccc(Cl)cc12. The molecule has 0 radical (unpaired) electrons. The molecule has 0 saturated carbocycles. The largest absolute Gasteiger partial charge is 0.350 e. The number of rotatable bonds is 3. The van der Waals surface area contributed by atoms with Crippen LogP contribution >= 0.6 is 11.6 Å². The van der Waals surface area contributed by atoms with Crippen LogP contribution in [0.1, 0.15) is 0 Å². The summed E-state index contributed by atoms with van der Waals surface area (Å²) in [6, 6.07) is 4.13. The summed E-state index contributed by atoms with van der Waals surface area (Å²) in [4.78, 5) is 18.6. The number of nitrogens with two attached hydrogens (primary N) is 1. The molecule has 1 heterocycles. The minimum atomic E-state index is -0.776. The number of benzene rings is 1. The molecule has 1 aromatic heterocycles. The van der Waals surface area contributed by atoms with E-state index >= 15 is 0 Å². The molecule has 8 nitrogen and oxygen atoms in total. The minimum Gasteiger partial charge on any atom is -0.350 e. The van der Waals surface area contributed by atoms with Gasteiger partial charge in [0.15, 0.2) is 5.82 Å². The number of carbonyl (C=O) groups excluding carboxylic acids is 1. The van der Waals surface area contributed by atoms with E-state index in [1.165, 1.54) is 0 Å². The Morgan fingerprint density at radius 2 is 2.17 bits per heavy atom. The Hall–Kier alpha value is -2.32. The van der Waals surface area contributed by atoms with E-state index < -0.39 is 6.03 Å². The van der Waals surface area contributed by atoms with Gasteiger partial charge in [-0.1, -0.05) is 11.6 Å². The average Bonchev–Trinajstić information content (AvgIpc) is 2.35. The molecule has 0 saturated heterocycles. The fourth-order valence-corrected chi connectivity index (χ4v) is 1.54. The van der Waals surface area contributed by atoms with E-state index in [0.717, 1.165) is 0 Å². The Balaban J connectivity index is 2.52. The van der Waals surface area contributed by atoms with Crippen molar-refractivity contribution < 1.29 is 10.0 Å². The molecule has 6 N–H and O–H groups in total. The number of aromatic nitrogens is 2. The van der Waals surface area contributed by atoms with Gasteiger partial charge in [-0.15, -0.1) is 0 Å². The molecule has 0 aliphatic heterocycles. The molecule has 18 heavy (non-hydrogen) atoms. The summed E-state index contributed by atoms with van der Waals surface area (Å²) in [7, 11) is 0. The van der Waals surface area contributed by atoms with Gasteiger partial charge in [-0.25, -0.2) is 15.3 Å². The molecule has 0 aliphatic rings. The summed E-state index contributed by atoms with van der Waals surface area (Å²) in [6.45, 7) is 0. The maximum atomic E-state index is 10.6. The van der Waals surface area contributed by atoms with Gasteiger partial charge in [-0.2, -0.15) is 4.98 Å². The molecular weight excluding hydrogens is 260 g/mol. The number of anilines is 2. The van der Waals surface area contributed by atoms with Crippen molar-refractivity contribution in [2.24, 2.45) is 5.73 Å². The summed E-state index contributed by atoms with van der Waals surface area (Å²) in [5.74, 6) is 0.219. The van der Waals surface area contributed by atoms with Crippen molar-refractivity contribution in [1.29, 1.82) is 0 Å². The molecular formula is C9H9ClN6O2. The zero-order chi connectivity index (χ0) is 13.1. The lowest BCUT2D eigenvalue weighted by molar-refractivity contribution is 0.250. The Morgan fingerprint density at radius 1 is 1.39 bits per heavy atom. The molecule has 0 atom stereocenters. The van der Waals surface area contributed by atoms with Crippen LogP contribution in [-0.4, -0.2) is 21.2 Å². The van der Waals surface area contributed by atoms with E-state index in [2.05, 4.69) is 20.8 Å². The highest BCUT2D eigenvalue weighted by atomic mass is 35.5. The van der Waals surface area contributed by atoms with Crippen LogP contribution in [0.4, 0.5) is 16.6 Å². The van der Waals surface area contributed by atoms with E-state index in [1.807, 2.05) is 5.48 Å². The Morgan fingerprint density at radius 3 is 2.83 bits per heavy atom. The number of hydrazine groups is 1. The van der Waals surface area contributed by atoms with E-state index in [1.54, 1.807) is 18.2 Å². The highest BCUT2D eigenvalue weighted by molar-refractivity contribution is 6.31. The molecule has 2 amide bonds. The van der Waals surface area contributed by atoms with Crippen molar-refractivity contribution in [3.8, 4) is 0 Å². The third-order valence-electron chi connectivity index (χ3n) is 2.06. The summed E-state index contributed by atoms with van der Waals surface area (Å²) < 4.78 is 0. The fraction of sp³-hybridized carbons (Fsp3) is 0. The summed E-state index contributed by atoms with van der Waals surface area (Å²) in [5.41, 5.74) is 12.0. The first-order valence-corrected chi connectivity index (χ1v) is 5.17. The van der Waals surface area contributed by atoms with Crippen molar-refractivity contribution in [3.63, 3.8) is 0 Å². The van der Waals surface area contributed by atoms with Crippen molar-refractivity contribution in [1.82, 2.24) is 15.4 Å². The number of urea groups is 1. The predicted octanol–water partition coefficient (Wildman–Crippen LogP) is 1.08. The fourth-order valence-electron chi connectivity index (χ4n) is 1.37.